The molecule has 0 radical (unpaired) electrons. The van der Waals surface area contributed by atoms with Crippen molar-refractivity contribution in [1.29, 1.82) is 0 Å². The number of halogens is 11. The second kappa shape index (κ2) is 6.13. The van der Waals surface area contributed by atoms with Gasteiger partial charge in [0.05, 0.1) is 4.90 Å². The molecule has 0 unspecified atom stereocenters. The van der Waals surface area contributed by atoms with Crippen LogP contribution in [0.2, 0.25) is 0 Å². The summed E-state index contributed by atoms with van der Waals surface area (Å²) in [5.41, 5.74) is 0. The molecule has 0 amide bonds. The molecule has 0 fully saturated rings. The van der Waals surface area contributed by atoms with Crippen LogP contribution in [0.5, 0.6) is 0 Å². The van der Waals surface area contributed by atoms with E-state index in [0.717, 1.165) is 24.3 Å². The lowest BCUT2D eigenvalue weighted by molar-refractivity contribution is 0.364. The van der Waals surface area contributed by atoms with Gasteiger partial charge in [0, 0.05) is 10.7 Å². The topological polar surface area (TPSA) is 0 Å². The molecule has 0 aromatic heterocycles. The standard InChI is InChI=1S/C6H5ClF4S.C6H5F5S.CH4.FH/c2*7-12(8,9,10,11)6-4-2-1-3-5-6;;/h2*1-5H;1H4;1H. The summed E-state index contributed by atoms with van der Waals surface area (Å²) in [5, 5.41) is 0. The molecule has 13 heteroatoms. The molecule has 0 atom stereocenters. The Labute approximate surface area is 148 Å². The molecule has 2 aromatic rings. The maximum Gasteiger partial charge on any atom is 0.310 e. The summed E-state index contributed by atoms with van der Waals surface area (Å²) in [4.78, 5) is -3.27. The normalized spacial score (nSPS) is 16.7. The van der Waals surface area contributed by atoms with E-state index in [2.05, 4.69) is 10.7 Å². The number of hydrogen-bond donors (Lipinski definition) is 0. The highest BCUT2D eigenvalue weighted by molar-refractivity contribution is 8.65. The monoisotopic (exact) mass is 460 g/mol. The van der Waals surface area contributed by atoms with Crippen LogP contribution in [0, 0.1) is 0 Å². The van der Waals surface area contributed by atoms with Gasteiger partial charge in [-0.2, -0.15) is 0 Å². The highest BCUT2D eigenvalue weighted by Crippen LogP contribution is 3.04. The minimum Gasteiger partial charge on any atom is -0.269 e. The van der Waals surface area contributed by atoms with Gasteiger partial charge in [0.1, 0.15) is 4.90 Å². The van der Waals surface area contributed by atoms with Gasteiger partial charge in [0.2, 0.25) is 0 Å². The van der Waals surface area contributed by atoms with Crippen molar-refractivity contribution >= 4 is 30.0 Å². The van der Waals surface area contributed by atoms with E-state index in [1.807, 2.05) is 0 Å². The van der Waals surface area contributed by atoms with Crippen LogP contribution in [0.4, 0.5) is 39.7 Å². The van der Waals surface area contributed by atoms with Crippen molar-refractivity contribution < 1.29 is 39.7 Å². The zero-order valence-electron chi connectivity index (χ0n) is 11.8. The summed E-state index contributed by atoms with van der Waals surface area (Å²) < 4.78 is 109. The van der Waals surface area contributed by atoms with Gasteiger partial charge >= 0.3 is 10.2 Å². The maximum absolute atomic E-state index is 12.4. The SMILES string of the molecule is C.F.FS(F)(F)(F)(Cl)c1ccccc1.FS(F)(F)(F)(F)c1ccccc1. The predicted molar refractivity (Wildman–Crippen MR) is 89.7 cm³/mol. The van der Waals surface area contributed by atoms with Crippen LogP contribution in [-0.2, 0) is 0 Å². The summed E-state index contributed by atoms with van der Waals surface area (Å²) in [6.45, 7) is 0. The molecule has 0 heterocycles. The van der Waals surface area contributed by atoms with Gasteiger partial charge in [0.15, 0.2) is 0 Å². The van der Waals surface area contributed by atoms with E-state index in [-0.39, 0.29) is 12.1 Å². The van der Waals surface area contributed by atoms with Gasteiger partial charge < -0.3 is 0 Å². The molecule has 0 spiro atoms. The summed E-state index contributed by atoms with van der Waals surface area (Å²) in [6.07, 6.45) is 0. The predicted octanol–water partition coefficient (Wildman–Crippen LogP) is 9.75. The lowest BCUT2D eigenvalue weighted by atomic mass is 10.4. The van der Waals surface area contributed by atoms with E-state index < -0.39 is 29.1 Å². The Hall–Kier alpha value is -1.27. The third-order valence-corrected chi connectivity index (χ3v) is 5.24. The lowest BCUT2D eigenvalue weighted by Crippen LogP contribution is -2.05. The smallest absolute Gasteiger partial charge is 0.269 e. The largest absolute Gasteiger partial charge is 0.310 e. The van der Waals surface area contributed by atoms with E-state index in [1.54, 1.807) is 0 Å². The first-order chi connectivity index (χ1) is 10.2. The molecule has 26 heavy (non-hydrogen) atoms. The Morgan fingerprint density at radius 2 is 0.808 bits per heavy atom. The zero-order chi connectivity index (χ0) is 19.0. The van der Waals surface area contributed by atoms with Crippen molar-refractivity contribution in [3.8, 4) is 0 Å². The average molecular weight is 461 g/mol. The van der Waals surface area contributed by atoms with Gasteiger partial charge in [-0.1, -0.05) is 63.3 Å². The third kappa shape index (κ3) is 8.90. The highest BCUT2D eigenvalue weighted by atomic mass is 35.7. The number of hydrogen-bond acceptors (Lipinski definition) is 0. The molecular formula is C13H15ClF10S2. The van der Waals surface area contributed by atoms with Crippen LogP contribution in [0.1, 0.15) is 7.43 Å². The molecule has 156 valence electrons. The van der Waals surface area contributed by atoms with Gasteiger partial charge in [-0.3, -0.25) is 4.70 Å². The molecule has 0 saturated carbocycles. The van der Waals surface area contributed by atoms with Crippen molar-refractivity contribution in [2.75, 3.05) is 0 Å². The highest BCUT2D eigenvalue weighted by Gasteiger charge is 2.65. The summed E-state index contributed by atoms with van der Waals surface area (Å²) in [6, 6.07) is 8.54. The first-order valence-corrected chi connectivity index (χ1v) is 10.6. The van der Waals surface area contributed by atoms with E-state index in [4.69, 9.17) is 0 Å². The number of rotatable bonds is 2. The molecule has 2 rings (SSSR count). The van der Waals surface area contributed by atoms with Crippen molar-refractivity contribution in [1.82, 2.24) is 0 Å². The van der Waals surface area contributed by atoms with Gasteiger partial charge in [-0.15, -0.1) is 15.5 Å². The minimum absolute atomic E-state index is 0. The minimum atomic E-state index is -9.43. The van der Waals surface area contributed by atoms with Crippen LogP contribution in [-0.4, -0.2) is 0 Å². The van der Waals surface area contributed by atoms with Crippen molar-refractivity contribution in [3.05, 3.63) is 60.7 Å². The Balaban J connectivity index is 0. The van der Waals surface area contributed by atoms with Gasteiger partial charge in [-0.05, 0) is 24.3 Å². The van der Waals surface area contributed by atoms with Crippen molar-refractivity contribution in [2.45, 2.75) is 17.2 Å². The van der Waals surface area contributed by atoms with Gasteiger partial charge in [0.25, 0.3) is 9.05 Å². The van der Waals surface area contributed by atoms with Crippen molar-refractivity contribution in [3.63, 3.8) is 0 Å². The van der Waals surface area contributed by atoms with E-state index in [0.29, 0.717) is 24.3 Å². The Morgan fingerprint density at radius 1 is 0.538 bits per heavy atom. The Bertz CT molecular complexity index is 645. The van der Waals surface area contributed by atoms with Crippen LogP contribution >= 0.6 is 30.0 Å². The van der Waals surface area contributed by atoms with Crippen LogP contribution in [0.25, 0.3) is 0 Å². The zero-order valence-corrected chi connectivity index (χ0v) is 14.2. The lowest BCUT2D eigenvalue weighted by Gasteiger charge is -2.42. The molecule has 0 aliphatic rings. The second-order valence-electron chi connectivity index (χ2n) is 4.56. The molecule has 0 saturated heterocycles. The Kier molecular flexibility index (Phi) is 6.35. The molecule has 0 N–H and O–H groups in total. The molecule has 0 aliphatic carbocycles. The molecular weight excluding hydrogens is 446 g/mol. The molecule has 0 aliphatic heterocycles. The second-order valence-corrected chi connectivity index (χ2v) is 11.2. The molecule has 2 aromatic carbocycles. The summed E-state index contributed by atoms with van der Waals surface area (Å²) in [7, 11) is -13.9. The molecule has 0 bridgehead atoms. The average Bonchev–Trinajstić information content (AvgIpc) is 2.37. The third-order valence-electron chi connectivity index (χ3n) is 2.38. The maximum atomic E-state index is 12.4. The van der Waals surface area contributed by atoms with E-state index in [9.17, 15) is 35.0 Å². The fourth-order valence-corrected chi connectivity index (χ4v) is 3.01. The van der Waals surface area contributed by atoms with E-state index >= 15 is 0 Å². The fourth-order valence-electron chi connectivity index (χ4n) is 1.36. The van der Waals surface area contributed by atoms with E-state index in [1.165, 1.54) is 12.1 Å². The fraction of sp³-hybridized carbons (Fsp3) is 0.0769. The quantitative estimate of drug-likeness (QED) is 0.391. The van der Waals surface area contributed by atoms with Crippen molar-refractivity contribution in [2.24, 2.45) is 0 Å². The summed E-state index contributed by atoms with van der Waals surface area (Å²) in [5.74, 6) is 0. The number of benzene rings is 2. The first kappa shape index (κ1) is 27.0. The van der Waals surface area contributed by atoms with Crippen LogP contribution in [0.3, 0.4) is 0 Å². The summed E-state index contributed by atoms with van der Waals surface area (Å²) >= 11 is 0. The molecule has 0 nitrogen and oxygen atoms in total. The Morgan fingerprint density at radius 3 is 0.962 bits per heavy atom. The first-order valence-electron chi connectivity index (χ1n) is 5.77. The van der Waals surface area contributed by atoms with Gasteiger partial charge in [-0.25, -0.2) is 0 Å². The van der Waals surface area contributed by atoms with Crippen LogP contribution in [0.15, 0.2) is 70.5 Å². The van der Waals surface area contributed by atoms with Crippen LogP contribution < -0.4 is 0 Å².